The van der Waals surface area contributed by atoms with Crippen molar-refractivity contribution in [1.29, 1.82) is 0 Å². The van der Waals surface area contributed by atoms with Crippen molar-refractivity contribution < 1.29 is 8.91 Å². The van der Waals surface area contributed by atoms with Crippen LogP contribution in [-0.2, 0) is 5.75 Å². The van der Waals surface area contributed by atoms with E-state index in [4.69, 9.17) is 4.52 Å². The molecule has 0 spiro atoms. The summed E-state index contributed by atoms with van der Waals surface area (Å²) < 4.78 is 19.6. The molecule has 2 aromatic carbocycles. The van der Waals surface area contributed by atoms with Gasteiger partial charge in [-0.15, -0.1) is 0 Å². The van der Waals surface area contributed by atoms with Crippen molar-refractivity contribution in [2.24, 2.45) is 0 Å². The highest BCUT2D eigenvalue weighted by Crippen LogP contribution is 2.25. The topological polar surface area (TPSA) is 67.6 Å². The van der Waals surface area contributed by atoms with E-state index in [0.29, 0.717) is 23.0 Å². The zero-order valence-corrected chi connectivity index (χ0v) is 15.7. The summed E-state index contributed by atoms with van der Waals surface area (Å²) in [6, 6.07) is 14.1. The number of imidazole rings is 1. The number of aromatic nitrogens is 4. The molecule has 0 amide bonds. The number of halogens is 2. The Morgan fingerprint density at radius 3 is 2.77 bits per heavy atom. The van der Waals surface area contributed by atoms with E-state index < -0.39 is 0 Å². The fraction of sp³-hybridized carbons (Fsp3) is 0.0556. The first-order valence-corrected chi connectivity index (χ1v) is 9.47. The Morgan fingerprint density at radius 1 is 1.12 bits per heavy atom. The number of benzene rings is 2. The maximum absolute atomic E-state index is 13.3. The summed E-state index contributed by atoms with van der Waals surface area (Å²) in [5.74, 6) is 0.959. The molecule has 5 nitrogen and oxygen atoms in total. The first-order chi connectivity index (χ1) is 12.7. The standard InChI is InChI=1S/C18H12BrFN4OS/c19-13-6-4-11(5-7-13)15-9-21-18(22-15)26-10-16-23-17(24-25-16)12-2-1-3-14(20)8-12/h1-9H,10H2,(H,21,22). The van der Waals surface area contributed by atoms with E-state index in [0.717, 1.165) is 20.9 Å². The molecule has 0 saturated heterocycles. The van der Waals surface area contributed by atoms with E-state index in [-0.39, 0.29) is 5.82 Å². The first kappa shape index (κ1) is 17.0. The molecule has 0 bridgehead atoms. The van der Waals surface area contributed by atoms with E-state index in [1.165, 1.54) is 23.9 Å². The minimum absolute atomic E-state index is 0.334. The quantitative estimate of drug-likeness (QED) is 0.433. The van der Waals surface area contributed by atoms with Crippen LogP contribution in [-0.4, -0.2) is 20.1 Å². The summed E-state index contributed by atoms with van der Waals surface area (Å²) >= 11 is 4.88. The average molecular weight is 431 g/mol. The van der Waals surface area contributed by atoms with Gasteiger partial charge in [0.1, 0.15) is 5.82 Å². The lowest BCUT2D eigenvalue weighted by Crippen LogP contribution is -1.85. The third-order valence-corrected chi connectivity index (χ3v) is 4.99. The third-order valence-electron chi connectivity index (χ3n) is 3.59. The van der Waals surface area contributed by atoms with Crippen molar-refractivity contribution in [3.05, 3.63) is 70.9 Å². The second-order valence-electron chi connectivity index (χ2n) is 5.42. The highest BCUT2D eigenvalue weighted by molar-refractivity contribution is 9.10. The second-order valence-corrected chi connectivity index (χ2v) is 7.30. The number of H-pyrrole nitrogens is 1. The van der Waals surface area contributed by atoms with Crippen LogP contribution in [0, 0.1) is 5.82 Å². The number of hydrogen-bond acceptors (Lipinski definition) is 5. The first-order valence-electron chi connectivity index (χ1n) is 7.70. The van der Waals surface area contributed by atoms with Gasteiger partial charge in [0.2, 0.25) is 11.7 Å². The Kier molecular flexibility index (Phi) is 4.85. The molecule has 0 aliphatic rings. The molecule has 2 aromatic heterocycles. The van der Waals surface area contributed by atoms with Crippen molar-refractivity contribution >= 4 is 27.7 Å². The lowest BCUT2D eigenvalue weighted by atomic mass is 10.2. The number of aromatic amines is 1. The van der Waals surface area contributed by atoms with Gasteiger partial charge in [0, 0.05) is 10.0 Å². The van der Waals surface area contributed by atoms with Gasteiger partial charge in [-0.05, 0) is 29.8 Å². The van der Waals surface area contributed by atoms with E-state index in [2.05, 4.69) is 36.0 Å². The predicted molar refractivity (Wildman–Crippen MR) is 101 cm³/mol. The van der Waals surface area contributed by atoms with E-state index >= 15 is 0 Å². The Balaban J connectivity index is 1.43. The SMILES string of the molecule is Fc1cccc(-c2noc(CSc3ncc(-c4ccc(Br)cc4)[nH]3)n2)c1. The predicted octanol–water partition coefficient (Wildman–Crippen LogP) is 5.32. The minimum Gasteiger partial charge on any atom is -0.338 e. The van der Waals surface area contributed by atoms with Crippen LogP contribution in [0.25, 0.3) is 22.6 Å². The molecule has 0 unspecified atom stereocenters. The second kappa shape index (κ2) is 7.43. The van der Waals surface area contributed by atoms with Gasteiger partial charge in [0.25, 0.3) is 0 Å². The van der Waals surface area contributed by atoms with Crippen LogP contribution in [0.15, 0.2) is 68.9 Å². The maximum Gasteiger partial charge on any atom is 0.237 e. The monoisotopic (exact) mass is 430 g/mol. The molecule has 2 heterocycles. The van der Waals surface area contributed by atoms with Gasteiger partial charge in [-0.1, -0.05) is 57.1 Å². The molecule has 0 fully saturated rings. The van der Waals surface area contributed by atoms with Crippen molar-refractivity contribution in [2.75, 3.05) is 0 Å². The lowest BCUT2D eigenvalue weighted by molar-refractivity contribution is 0.391. The number of nitrogens with zero attached hydrogens (tertiary/aromatic N) is 3. The molecule has 0 aliphatic heterocycles. The van der Waals surface area contributed by atoms with Crippen LogP contribution < -0.4 is 0 Å². The van der Waals surface area contributed by atoms with Crippen LogP contribution >= 0.6 is 27.7 Å². The van der Waals surface area contributed by atoms with Gasteiger partial charge in [-0.3, -0.25) is 0 Å². The third kappa shape index (κ3) is 3.86. The largest absolute Gasteiger partial charge is 0.338 e. The number of rotatable bonds is 5. The van der Waals surface area contributed by atoms with Gasteiger partial charge in [-0.2, -0.15) is 4.98 Å². The molecule has 1 N–H and O–H groups in total. The van der Waals surface area contributed by atoms with Crippen molar-refractivity contribution in [1.82, 2.24) is 20.1 Å². The molecule has 8 heteroatoms. The molecule has 130 valence electrons. The summed E-state index contributed by atoms with van der Waals surface area (Å²) in [7, 11) is 0. The fourth-order valence-electron chi connectivity index (χ4n) is 2.34. The lowest BCUT2D eigenvalue weighted by Gasteiger charge is -1.97. The zero-order chi connectivity index (χ0) is 17.9. The Bertz CT molecular complexity index is 1030. The zero-order valence-electron chi connectivity index (χ0n) is 13.3. The molecule has 26 heavy (non-hydrogen) atoms. The van der Waals surface area contributed by atoms with E-state index in [1.807, 2.05) is 24.3 Å². The molecule has 0 saturated carbocycles. The minimum atomic E-state index is -0.334. The molecule has 0 aliphatic carbocycles. The summed E-state index contributed by atoms with van der Waals surface area (Å²) in [6.45, 7) is 0. The smallest absolute Gasteiger partial charge is 0.237 e. The molecular formula is C18H12BrFN4OS. The van der Waals surface area contributed by atoms with Crippen molar-refractivity contribution in [3.63, 3.8) is 0 Å². The number of hydrogen-bond donors (Lipinski definition) is 1. The molecule has 4 aromatic rings. The van der Waals surface area contributed by atoms with Gasteiger partial charge >= 0.3 is 0 Å². The highest BCUT2D eigenvalue weighted by Gasteiger charge is 2.11. The van der Waals surface area contributed by atoms with Gasteiger partial charge in [0.05, 0.1) is 17.6 Å². The maximum atomic E-state index is 13.3. The van der Waals surface area contributed by atoms with Gasteiger partial charge in [-0.25, -0.2) is 9.37 Å². The van der Waals surface area contributed by atoms with Crippen molar-refractivity contribution in [3.8, 4) is 22.6 Å². The Morgan fingerprint density at radius 2 is 1.96 bits per heavy atom. The van der Waals surface area contributed by atoms with Crippen LogP contribution in [0.2, 0.25) is 0 Å². The summed E-state index contributed by atoms with van der Waals surface area (Å²) in [5, 5.41) is 4.66. The van der Waals surface area contributed by atoms with Crippen molar-refractivity contribution in [2.45, 2.75) is 10.9 Å². The molecular weight excluding hydrogens is 419 g/mol. The van der Waals surface area contributed by atoms with Gasteiger partial charge in [0.15, 0.2) is 5.16 Å². The van der Waals surface area contributed by atoms with Crippen LogP contribution in [0.3, 0.4) is 0 Å². The van der Waals surface area contributed by atoms with E-state index in [1.54, 1.807) is 18.3 Å². The molecule has 4 rings (SSSR count). The summed E-state index contributed by atoms with van der Waals surface area (Å²) in [6.07, 6.45) is 1.79. The van der Waals surface area contributed by atoms with Crippen LogP contribution in [0.4, 0.5) is 4.39 Å². The normalized spacial score (nSPS) is 11.0. The number of nitrogens with one attached hydrogen (secondary N) is 1. The average Bonchev–Trinajstić information content (AvgIpc) is 3.30. The Labute approximate surface area is 161 Å². The Hall–Kier alpha value is -2.45. The molecule has 0 radical (unpaired) electrons. The van der Waals surface area contributed by atoms with Crippen LogP contribution in [0.1, 0.15) is 5.89 Å². The van der Waals surface area contributed by atoms with E-state index in [9.17, 15) is 4.39 Å². The van der Waals surface area contributed by atoms with Crippen LogP contribution in [0.5, 0.6) is 0 Å². The summed E-state index contributed by atoms with van der Waals surface area (Å²) in [5.41, 5.74) is 2.57. The summed E-state index contributed by atoms with van der Waals surface area (Å²) in [4.78, 5) is 11.9. The highest BCUT2D eigenvalue weighted by atomic mass is 79.9. The fourth-order valence-corrected chi connectivity index (χ4v) is 3.29. The molecule has 0 atom stereocenters. The number of thioether (sulfide) groups is 1. The van der Waals surface area contributed by atoms with Gasteiger partial charge < -0.3 is 9.51 Å².